The fraction of sp³-hybridized carbons (Fsp3) is 0.250. The maximum atomic E-state index is 11.9. The zero-order valence-corrected chi connectivity index (χ0v) is 12.0. The molecule has 1 heterocycles. The highest BCUT2D eigenvalue weighted by Crippen LogP contribution is 2.07. The number of nitrogens with one attached hydrogen (secondary N) is 2. The Bertz CT molecular complexity index is 555. The van der Waals surface area contributed by atoms with Crippen LogP contribution in [0.1, 0.15) is 17.3 Å². The molecule has 110 valence electrons. The van der Waals surface area contributed by atoms with Gasteiger partial charge >= 0.3 is 0 Å². The van der Waals surface area contributed by atoms with Gasteiger partial charge in [-0.3, -0.25) is 4.79 Å². The number of amides is 1. The molecule has 1 amide bonds. The van der Waals surface area contributed by atoms with Gasteiger partial charge in [0.2, 0.25) is 0 Å². The molecule has 0 unspecified atom stereocenters. The molecule has 1 aromatic heterocycles. The summed E-state index contributed by atoms with van der Waals surface area (Å²) < 4.78 is 5.50. The second-order valence-corrected chi connectivity index (χ2v) is 4.38. The SMILES string of the molecule is CCNc1ccc(C(=O)NCCOc2ccccc2)cn1. The number of benzene rings is 1. The van der Waals surface area contributed by atoms with Gasteiger partial charge in [0.15, 0.2) is 0 Å². The Balaban J connectivity index is 1.74. The summed E-state index contributed by atoms with van der Waals surface area (Å²) in [5, 5.41) is 5.88. The summed E-state index contributed by atoms with van der Waals surface area (Å²) in [6.07, 6.45) is 1.56. The van der Waals surface area contributed by atoms with Crippen molar-refractivity contribution in [3.63, 3.8) is 0 Å². The summed E-state index contributed by atoms with van der Waals surface area (Å²) in [7, 11) is 0. The third-order valence-corrected chi connectivity index (χ3v) is 2.78. The van der Waals surface area contributed by atoms with Gasteiger partial charge in [0.25, 0.3) is 5.91 Å². The highest BCUT2D eigenvalue weighted by atomic mass is 16.5. The van der Waals surface area contributed by atoms with E-state index >= 15 is 0 Å². The molecule has 0 bridgehead atoms. The topological polar surface area (TPSA) is 63.2 Å². The van der Waals surface area contributed by atoms with Crippen LogP contribution in [0.15, 0.2) is 48.7 Å². The largest absolute Gasteiger partial charge is 0.492 e. The third kappa shape index (κ3) is 4.80. The standard InChI is InChI=1S/C16H19N3O2/c1-2-17-15-9-8-13(12-19-15)16(20)18-10-11-21-14-6-4-3-5-7-14/h3-9,12H,2,10-11H2,1H3,(H,17,19)(H,18,20). The van der Waals surface area contributed by atoms with Crippen molar-refractivity contribution in [1.82, 2.24) is 10.3 Å². The van der Waals surface area contributed by atoms with Crippen LogP contribution in [-0.4, -0.2) is 30.6 Å². The number of nitrogens with zero attached hydrogens (tertiary/aromatic N) is 1. The molecule has 5 nitrogen and oxygen atoms in total. The summed E-state index contributed by atoms with van der Waals surface area (Å²) in [6, 6.07) is 13.0. The van der Waals surface area contributed by atoms with E-state index < -0.39 is 0 Å². The van der Waals surface area contributed by atoms with Crippen LogP contribution in [-0.2, 0) is 0 Å². The predicted molar refractivity (Wildman–Crippen MR) is 82.7 cm³/mol. The molecule has 2 aromatic rings. The van der Waals surface area contributed by atoms with E-state index in [2.05, 4.69) is 15.6 Å². The first kappa shape index (κ1) is 14.8. The van der Waals surface area contributed by atoms with Crippen LogP contribution in [0.5, 0.6) is 5.75 Å². The van der Waals surface area contributed by atoms with Gasteiger partial charge in [-0.2, -0.15) is 0 Å². The number of carbonyl (C=O) groups is 1. The number of aromatic nitrogens is 1. The molecule has 0 aliphatic carbocycles. The number of ether oxygens (including phenoxy) is 1. The van der Waals surface area contributed by atoms with Gasteiger partial charge < -0.3 is 15.4 Å². The number of para-hydroxylation sites is 1. The van der Waals surface area contributed by atoms with Gasteiger partial charge in [0.05, 0.1) is 12.1 Å². The smallest absolute Gasteiger partial charge is 0.252 e. The van der Waals surface area contributed by atoms with Crippen molar-refractivity contribution >= 4 is 11.7 Å². The van der Waals surface area contributed by atoms with E-state index in [-0.39, 0.29) is 5.91 Å². The third-order valence-electron chi connectivity index (χ3n) is 2.78. The maximum absolute atomic E-state index is 11.9. The number of carbonyl (C=O) groups excluding carboxylic acids is 1. The lowest BCUT2D eigenvalue weighted by molar-refractivity contribution is 0.0946. The maximum Gasteiger partial charge on any atom is 0.252 e. The lowest BCUT2D eigenvalue weighted by atomic mass is 10.2. The molecule has 0 spiro atoms. The van der Waals surface area contributed by atoms with E-state index in [0.717, 1.165) is 18.1 Å². The zero-order chi connectivity index (χ0) is 14.9. The first-order chi connectivity index (χ1) is 10.3. The Hall–Kier alpha value is -2.56. The lowest BCUT2D eigenvalue weighted by Gasteiger charge is -2.08. The van der Waals surface area contributed by atoms with Crippen LogP contribution in [0.2, 0.25) is 0 Å². The van der Waals surface area contributed by atoms with E-state index in [1.807, 2.05) is 37.3 Å². The first-order valence-electron chi connectivity index (χ1n) is 6.95. The molecule has 5 heteroatoms. The summed E-state index contributed by atoms with van der Waals surface area (Å²) in [5.41, 5.74) is 0.538. The van der Waals surface area contributed by atoms with Gasteiger partial charge in [-0.1, -0.05) is 18.2 Å². The molecule has 0 radical (unpaired) electrons. The van der Waals surface area contributed by atoms with E-state index in [9.17, 15) is 4.79 Å². The summed E-state index contributed by atoms with van der Waals surface area (Å²) in [5.74, 6) is 1.41. The highest BCUT2D eigenvalue weighted by molar-refractivity contribution is 5.94. The Labute approximate surface area is 124 Å². The fourth-order valence-electron chi connectivity index (χ4n) is 1.77. The Morgan fingerprint density at radius 1 is 1.19 bits per heavy atom. The van der Waals surface area contributed by atoms with E-state index in [1.165, 1.54) is 0 Å². The molecular weight excluding hydrogens is 266 g/mol. The Kier molecular flexibility index (Phi) is 5.58. The van der Waals surface area contributed by atoms with Gasteiger partial charge in [-0.25, -0.2) is 4.98 Å². The molecular formula is C16H19N3O2. The number of rotatable bonds is 7. The molecule has 0 aliphatic heterocycles. The fourth-order valence-corrected chi connectivity index (χ4v) is 1.77. The molecule has 2 N–H and O–H groups in total. The van der Waals surface area contributed by atoms with Crippen LogP contribution < -0.4 is 15.4 Å². The van der Waals surface area contributed by atoms with Crippen molar-refractivity contribution < 1.29 is 9.53 Å². The van der Waals surface area contributed by atoms with Crippen LogP contribution in [0.3, 0.4) is 0 Å². The number of hydrogen-bond donors (Lipinski definition) is 2. The van der Waals surface area contributed by atoms with E-state index in [4.69, 9.17) is 4.74 Å². The van der Waals surface area contributed by atoms with Crippen molar-refractivity contribution in [3.8, 4) is 5.75 Å². The van der Waals surface area contributed by atoms with Crippen LogP contribution in [0.4, 0.5) is 5.82 Å². The molecule has 2 rings (SSSR count). The van der Waals surface area contributed by atoms with E-state index in [1.54, 1.807) is 18.3 Å². The minimum Gasteiger partial charge on any atom is -0.492 e. The quantitative estimate of drug-likeness (QED) is 0.766. The average Bonchev–Trinajstić information content (AvgIpc) is 2.53. The minimum atomic E-state index is -0.151. The minimum absolute atomic E-state index is 0.151. The van der Waals surface area contributed by atoms with Gasteiger partial charge in [0.1, 0.15) is 18.2 Å². The first-order valence-corrected chi connectivity index (χ1v) is 6.95. The summed E-state index contributed by atoms with van der Waals surface area (Å²) in [6.45, 7) is 3.67. The average molecular weight is 285 g/mol. The monoisotopic (exact) mass is 285 g/mol. The van der Waals surface area contributed by atoms with Crippen molar-refractivity contribution in [2.45, 2.75) is 6.92 Å². The van der Waals surface area contributed by atoms with Crippen LogP contribution in [0, 0.1) is 0 Å². The second-order valence-electron chi connectivity index (χ2n) is 4.38. The molecule has 0 saturated carbocycles. The predicted octanol–water partition coefficient (Wildman–Crippen LogP) is 2.32. The van der Waals surface area contributed by atoms with Crippen molar-refractivity contribution in [3.05, 3.63) is 54.2 Å². The second kappa shape index (κ2) is 7.89. The van der Waals surface area contributed by atoms with Crippen molar-refractivity contribution in [2.24, 2.45) is 0 Å². The summed E-state index contributed by atoms with van der Waals surface area (Å²) in [4.78, 5) is 16.1. The highest BCUT2D eigenvalue weighted by Gasteiger charge is 2.05. The molecule has 0 aliphatic rings. The Morgan fingerprint density at radius 3 is 2.67 bits per heavy atom. The van der Waals surface area contributed by atoms with E-state index in [0.29, 0.717) is 18.7 Å². The van der Waals surface area contributed by atoms with Gasteiger partial charge in [-0.15, -0.1) is 0 Å². The Morgan fingerprint density at radius 2 is 2.00 bits per heavy atom. The number of hydrogen-bond acceptors (Lipinski definition) is 4. The normalized spacial score (nSPS) is 9.95. The molecule has 0 saturated heterocycles. The summed E-state index contributed by atoms with van der Waals surface area (Å²) >= 11 is 0. The molecule has 0 atom stereocenters. The number of pyridine rings is 1. The van der Waals surface area contributed by atoms with Crippen LogP contribution >= 0.6 is 0 Å². The van der Waals surface area contributed by atoms with Gasteiger partial charge in [-0.05, 0) is 31.2 Å². The molecule has 21 heavy (non-hydrogen) atoms. The van der Waals surface area contributed by atoms with Crippen LogP contribution in [0.25, 0.3) is 0 Å². The zero-order valence-electron chi connectivity index (χ0n) is 12.0. The molecule has 0 fully saturated rings. The van der Waals surface area contributed by atoms with Crippen molar-refractivity contribution in [2.75, 3.05) is 25.0 Å². The van der Waals surface area contributed by atoms with Crippen molar-refractivity contribution in [1.29, 1.82) is 0 Å². The lowest BCUT2D eigenvalue weighted by Crippen LogP contribution is -2.28. The number of anilines is 1. The molecule has 1 aromatic carbocycles. The van der Waals surface area contributed by atoms with Gasteiger partial charge in [0, 0.05) is 12.7 Å².